The quantitative estimate of drug-likeness (QED) is 0.178. The first kappa shape index (κ1) is 38.9. The molecule has 0 heterocycles. The van der Waals surface area contributed by atoms with Gasteiger partial charge in [-0.05, 0) is 0 Å². The Kier molecular flexibility index (Phi) is 10.6. The molecule has 0 aliphatic carbocycles. The molecule has 27 heteroatoms. The molecule has 9 nitrogen and oxygen atoms in total. The molecule has 41 heavy (non-hydrogen) atoms. The molecule has 0 aromatic heterocycles. The van der Waals surface area contributed by atoms with Gasteiger partial charge in [-0.1, -0.05) is 0 Å². The highest BCUT2D eigenvalue weighted by atomic mass is 32.2. The molecule has 0 aliphatic rings. The summed E-state index contributed by atoms with van der Waals surface area (Å²) in [6, 6.07) is -2.28. The molecule has 0 rings (SSSR count). The zero-order valence-corrected chi connectivity index (χ0v) is 19.5. The predicted octanol–water partition coefficient (Wildman–Crippen LogP) is 2.27. The van der Waals surface area contributed by atoms with Crippen LogP contribution in [0.4, 0.5) is 79.4 Å². The highest BCUT2D eigenvalue weighted by molar-refractivity contribution is 7.85. The number of hydrogen-bond donors (Lipinski definition) is 5. The second-order valence-electron chi connectivity index (χ2n) is 7.68. The zero-order valence-electron chi connectivity index (χ0n) is 18.6. The third-order valence-corrected chi connectivity index (χ3v) is 5.55. The number of aliphatic hydroxyl groups excluding tert-OH is 3. The van der Waals surface area contributed by atoms with Gasteiger partial charge in [0.1, 0.15) is 12.1 Å². The number of aliphatic hydroxyl groups is 3. The molecular formula is C14H13F17N2O7S. The van der Waals surface area contributed by atoms with E-state index in [4.69, 9.17) is 15.3 Å². The maximum atomic E-state index is 13.7. The Morgan fingerprint density at radius 2 is 0.902 bits per heavy atom. The molecule has 0 aliphatic heterocycles. The van der Waals surface area contributed by atoms with Crippen LogP contribution in [0.3, 0.4) is 0 Å². The summed E-state index contributed by atoms with van der Waals surface area (Å²) in [6.07, 6.45) is -7.93. The number of nitrogens with one attached hydrogen (secondary N) is 2. The lowest BCUT2D eigenvalue weighted by molar-refractivity contribution is -0.462. The molecule has 0 unspecified atom stereocenters. The van der Waals surface area contributed by atoms with Gasteiger partial charge in [0.15, 0.2) is 0 Å². The average Bonchev–Trinajstić information content (AvgIpc) is 2.79. The van der Waals surface area contributed by atoms with Crippen LogP contribution in [0.5, 0.6) is 0 Å². The minimum atomic E-state index is -8.88. The van der Waals surface area contributed by atoms with Crippen molar-refractivity contribution in [2.75, 3.05) is 26.4 Å². The molecule has 0 aromatic rings. The van der Waals surface area contributed by atoms with Gasteiger partial charge in [0.2, 0.25) is 0 Å². The van der Waals surface area contributed by atoms with E-state index in [-0.39, 0.29) is 0 Å². The maximum absolute atomic E-state index is 13.7. The first-order valence-electron chi connectivity index (χ1n) is 9.27. The third kappa shape index (κ3) is 6.46. The van der Waals surface area contributed by atoms with Crippen LogP contribution in [0.1, 0.15) is 0 Å². The monoisotopic (exact) mass is 676 g/mol. The lowest BCUT2D eigenvalue weighted by atomic mass is 9.89. The summed E-state index contributed by atoms with van der Waals surface area (Å²) in [5, 5.41) is 28.0. The van der Waals surface area contributed by atoms with Crippen LogP contribution in [0.15, 0.2) is 0 Å². The number of urea groups is 1. The molecule has 0 bridgehead atoms. The number of carbonyl (C=O) groups excluding carboxylic acids is 1. The summed E-state index contributed by atoms with van der Waals surface area (Å²) >= 11 is 0. The van der Waals surface area contributed by atoms with Gasteiger partial charge in [0.25, 0.3) is 0 Å². The largest absolute Gasteiger partial charge is 0.460 e. The molecule has 0 fully saturated rings. The lowest BCUT2D eigenvalue weighted by Gasteiger charge is -2.42. The highest BCUT2D eigenvalue weighted by Crippen LogP contribution is 2.63. The molecule has 0 saturated carbocycles. The van der Waals surface area contributed by atoms with Gasteiger partial charge in [-0.2, -0.15) is 83.1 Å². The van der Waals surface area contributed by atoms with Crippen molar-refractivity contribution in [3.05, 3.63) is 0 Å². The van der Waals surface area contributed by atoms with Gasteiger partial charge in [-0.15, -0.1) is 0 Å². The van der Waals surface area contributed by atoms with Crippen LogP contribution in [0.25, 0.3) is 0 Å². The standard InChI is InChI=1S/C14H13F17N2O7S/c15-7(16,4-40-41(38,39)33-5(37)32-6(1-34,2-35)3-36)8(17,18)9(19,20)10(21,22)11(23,24)12(25,26)13(27,28)14(29,30)31/h34-36H,1-4H2,(H2,32,33,37). The Balaban J connectivity index is 6.27. The van der Waals surface area contributed by atoms with E-state index in [2.05, 4.69) is 4.18 Å². The number of amides is 2. The first-order chi connectivity index (χ1) is 17.7. The molecule has 0 atom stereocenters. The van der Waals surface area contributed by atoms with Crippen LogP contribution in [-0.2, 0) is 14.5 Å². The number of halogens is 17. The van der Waals surface area contributed by atoms with Crippen molar-refractivity contribution < 1.29 is 107 Å². The number of hydrogen-bond acceptors (Lipinski definition) is 7. The Labute approximate surface area is 214 Å². The van der Waals surface area contributed by atoms with Gasteiger partial charge in [0.05, 0.1) is 19.8 Å². The van der Waals surface area contributed by atoms with Crippen molar-refractivity contribution in [2.45, 2.75) is 53.2 Å². The Hall–Kier alpha value is -2.13. The summed E-state index contributed by atoms with van der Waals surface area (Å²) in [5.74, 6) is -59.0. The highest BCUT2D eigenvalue weighted by Gasteiger charge is 2.95. The van der Waals surface area contributed by atoms with Crippen molar-refractivity contribution in [1.29, 1.82) is 0 Å². The van der Waals surface area contributed by atoms with Crippen molar-refractivity contribution in [1.82, 2.24) is 10.0 Å². The summed E-state index contributed by atoms with van der Waals surface area (Å²) < 4.78 is 250. The van der Waals surface area contributed by atoms with Crippen LogP contribution < -0.4 is 10.0 Å². The SMILES string of the molecule is O=C(NC(CO)(CO)CO)NS(=O)(=O)OCC(F)(F)C(F)(F)C(F)(F)C(F)(F)C(F)(F)C(F)(F)C(F)(F)C(F)(F)F. The van der Waals surface area contributed by atoms with Crippen molar-refractivity contribution in [3.8, 4) is 0 Å². The molecule has 246 valence electrons. The Morgan fingerprint density at radius 1 is 0.585 bits per heavy atom. The topological polar surface area (TPSA) is 145 Å². The van der Waals surface area contributed by atoms with E-state index in [0.717, 1.165) is 0 Å². The van der Waals surface area contributed by atoms with E-state index in [1.807, 2.05) is 0 Å². The smallest absolute Gasteiger partial charge is 0.394 e. The first-order valence-corrected chi connectivity index (χ1v) is 10.7. The second kappa shape index (κ2) is 11.2. The van der Waals surface area contributed by atoms with Crippen molar-refractivity contribution >= 4 is 16.3 Å². The van der Waals surface area contributed by atoms with E-state index in [1.165, 1.54) is 5.32 Å². The van der Waals surface area contributed by atoms with E-state index in [1.54, 1.807) is 0 Å². The van der Waals surface area contributed by atoms with E-state index < -0.39 is 95.9 Å². The van der Waals surface area contributed by atoms with Gasteiger partial charge in [-0.25, -0.2) is 13.7 Å². The van der Waals surface area contributed by atoms with Crippen LogP contribution in [-0.4, -0.2) is 109 Å². The minimum Gasteiger partial charge on any atom is -0.394 e. The Morgan fingerprint density at radius 3 is 1.22 bits per heavy atom. The van der Waals surface area contributed by atoms with Crippen LogP contribution in [0.2, 0.25) is 0 Å². The van der Waals surface area contributed by atoms with Gasteiger partial charge < -0.3 is 20.6 Å². The zero-order chi connectivity index (χ0) is 33.5. The van der Waals surface area contributed by atoms with Gasteiger partial charge in [0, 0.05) is 0 Å². The summed E-state index contributed by atoms with van der Waals surface area (Å²) in [7, 11) is -6.28. The fourth-order valence-corrected chi connectivity index (χ4v) is 2.76. The third-order valence-electron chi connectivity index (χ3n) is 4.69. The second-order valence-corrected chi connectivity index (χ2v) is 9.02. The molecule has 0 spiro atoms. The molecular weight excluding hydrogens is 663 g/mol. The number of carbonyl (C=O) groups is 1. The molecule has 0 radical (unpaired) electrons. The summed E-state index contributed by atoms with van der Waals surface area (Å²) in [6.45, 7) is -8.03. The lowest BCUT2D eigenvalue weighted by Crippen LogP contribution is -2.74. The summed E-state index contributed by atoms with van der Waals surface area (Å²) in [4.78, 5) is 11.5. The van der Waals surface area contributed by atoms with Crippen molar-refractivity contribution in [2.24, 2.45) is 0 Å². The number of alkyl halides is 17. The molecule has 5 N–H and O–H groups in total. The normalized spacial score (nSPS) is 15.6. The number of rotatable bonds is 14. The minimum absolute atomic E-state index is 0.426. The molecule has 2 amide bonds. The van der Waals surface area contributed by atoms with E-state index >= 15 is 0 Å². The average molecular weight is 676 g/mol. The summed E-state index contributed by atoms with van der Waals surface area (Å²) in [5.41, 5.74) is -2.49. The van der Waals surface area contributed by atoms with Gasteiger partial charge in [-0.3, -0.25) is 0 Å². The molecule has 0 aromatic carbocycles. The van der Waals surface area contributed by atoms with Crippen LogP contribution >= 0.6 is 0 Å². The Bertz CT molecular complexity index is 1040. The fourth-order valence-electron chi connectivity index (χ4n) is 2.12. The fraction of sp³-hybridized carbons (Fsp3) is 0.929. The maximum Gasteiger partial charge on any atom is 0.460 e. The van der Waals surface area contributed by atoms with Gasteiger partial charge >= 0.3 is 64.0 Å². The van der Waals surface area contributed by atoms with Crippen molar-refractivity contribution in [3.63, 3.8) is 0 Å². The van der Waals surface area contributed by atoms with E-state index in [9.17, 15) is 87.8 Å². The molecule has 0 saturated heterocycles. The van der Waals surface area contributed by atoms with E-state index in [0.29, 0.717) is 4.72 Å². The predicted molar refractivity (Wildman–Crippen MR) is 91.2 cm³/mol. The van der Waals surface area contributed by atoms with Crippen LogP contribution in [0, 0.1) is 0 Å².